The van der Waals surface area contributed by atoms with Crippen LogP contribution in [0.4, 0.5) is 10.6 Å². The first-order valence-corrected chi connectivity index (χ1v) is 17.0. The molecule has 3 aromatic rings. The monoisotopic (exact) mass is 661 g/mol. The molecule has 2 N–H and O–H groups in total. The van der Waals surface area contributed by atoms with Crippen molar-refractivity contribution in [2.24, 2.45) is 0 Å². The van der Waals surface area contributed by atoms with Gasteiger partial charge in [0.25, 0.3) is 0 Å². The van der Waals surface area contributed by atoms with E-state index >= 15 is 0 Å². The third-order valence-electron chi connectivity index (χ3n) is 5.05. The summed E-state index contributed by atoms with van der Waals surface area (Å²) in [5.41, 5.74) is 1.25. The molecule has 0 aromatic carbocycles. The fraction of sp³-hybridized carbons (Fsp3) is 0.500. The molecule has 3 rings (SSSR count). The number of aliphatic hydroxyl groups is 1. The zero-order chi connectivity index (χ0) is 27.4. The number of anilines is 1. The number of aromatic nitrogens is 4. The molecule has 0 aliphatic carbocycles. The zero-order valence-electron chi connectivity index (χ0n) is 21.9. The maximum absolute atomic E-state index is 12.6. The van der Waals surface area contributed by atoms with Crippen molar-refractivity contribution in [3.8, 4) is 17.0 Å². The Morgan fingerprint density at radius 1 is 1.22 bits per heavy atom. The maximum Gasteiger partial charge on any atom is 0.413 e. The van der Waals surface area contributed by atoms with Gasteiger partial charge >= 0.3 is 6.09 Å². The second-order valence-electron chi connectivity index (χ2n) is 10.6. The molecular formula is C24H33ClIN5O5Si. The van der Waals surface area contributed by atoms with Gasteiger partial charge in [-0.1, -0.05) is 31.2 Å². The number of nitrogens with zero attached hydrogens (tertiary/aromatic N) is 4. The molecule has 3 aromatic heterocycles. The lowest BCUT2D eigenvalue weighted by molar-refractivity contribution is 0.0635. The summed E-state index contributed by atoms with van der Waals surface area (Å²) in [5.74, 6) is 0.762. The average Bonchev–Trinajstić information content (AvgIpc) is 3.06. The van der Waals surface area contributed by atoms with Gasteiger partial charge in [-0.3, -0.25) is 9.88 Å². The summed E-state index contributed by atoms with van der Waals surface area (Å²) in [6.45, 7) is 13.0. The number of aliphatic hydroxyl groups excluding tert-OH is 1. The van der Waals surface area contributed by atoms with E-state index in [-0.39, 0.29) is 25.1 Å². The van der Waals surface area contributed by atoms with Gasteiger partial charge < -0.3 is 19.3 Å². The van der Waals surface area contributed by atoms with Crippen molar-refractivity contribution in [3.63, 3.8) is 0 Å². The number of amides is 1. The molecule has 0 atom stereocenters. The smallest absolute Gasteiger partial charge is 0.413 e. The molecule has 37 heavy (non-hydrogen) atoms. The van der Waals surface area contributed by atoms with E-state index in [9.17, 15) is 9.90 Å². The summed E-state index contributed by atoms with van der Waals surface area (Å²) >= 11 is 8.35. The van der Waals surface area contributed by atoms with E-state index in [2.05, 4.69) is 62.5 Å². The molecule has 3 heterocycles. The van der Waals surface area contributed by atoms with Crippen LogP contribution in [0, 0.1) is 3.57 Å². The molecular weight excluding hydrogens is 629 g/mol. The lowest BCUT2D eigenvalue weighted by Crippen LogP contribution is -2.27. The van der Waals surface area contributed by atoms with Crippen LogP contribution < -0.4 is 10.1 Å². The van der Waals surface area contributed by atoms with Crippen molar-refractivity contribution in [3.05, 3.63) is 27.3 Å². The highest BCUT2D eigenvalue weighted by atomic mass is 127. The predicted molar refractivity (Wildman–Crippen MR) is 155 cm³/mol. The topological polar surface area (TPSA) is 121 Å². The third kappa shape index (κ3) is 7.99. The molecule has 0 saturated heterocycles. The molecule has 0 spiro atoms. The van der Waals surface area contributed by atoms with Crippen LogP contribution in [0.1, 0.15) is 20.8 Å². The van der Waals surface area contributed by atoms with Crippen LogP contribution in [0.3, 0.4) is 0 Å². The molecule has 0 radical (unpaired) electrons. The standard InChI is InChI=1S/C24H33ClIN5O5Si/c1-24(2,3)36-23(33)30-21-18-19(26)20(15-12-27-17(25)11-16(15)35-8-7-32)31(22(18)29-13-28-21)14-34-9-10-37(4,5)6/h11-13,32H,7-10,14H2,1-6H3,(H,28,29,30,33). The van der Waals surface area contributed by atoms with Crippen LogP contribution in [-0.2, 0) is 16.2 Å². The number of ether oxygens (including phenoxy) is 3. The SMILES string of the molecule is CC(C)(C)OC(=O)Nc1ncnc2c1c(I)c(-c1cnc(Cl)cc1OCCO)n2COCC[Si](C)(C)C. The van der Waals surface area contributed by atoms with E-state index in [1.165, 1.54) is 6.33 Å². The first-order valence-electron chi connectivity index (χ1n) is 11.8. The summed E-state index contributed by atoms with van der Waals surface area (Å²) in [6.07, 6.45) is 2.37. The predicted octanol–water partition coefficient (Wildman–Crippen LogP) is 5.78. The minimum atomic E-state index is -1.29. The van der Waals surface area contributed by atoms with E-state index in [0.717, 1.165) is 9.61 Å². The highest BCUT2D eigenvalue weighted by molar-refractivity contribution is 14.1. The highest BCUT2D eigenvalue weighted by Gasteiger charge is 2.26. The van der Waals surface area contributed by atoms with Gasteiger partial charge in [-0.05, 0) is 49.4 Å². The minimum Gasteiger partial charge on any atom is -0.490 e. The molecule has 0 aliphatic rings. The van der Waals surface area contributed by atoms with Gasteiger partial charge in [0.15, 0.2) is 0 Å². The number of nitrogens with one attached hydrogen (secondary N) is 1. The van der Waals surface area contributed by atoms with E-state index in [1.54, 1.807) is 33.0 Å². The quantitative estimate of drug-likeness (QED) is 0.121. The third-order valence-corrected chi connectivity index (χ3v) is 8.01. The van der Waals surface area contributed by atoms with Crippen LogP contribution in [0.5, 0.6) is 5.75 Å². The normalized spacial score (nSPS) is 12.1. The molecule has 0 saturated carbocycles. The van der Waals surface area contributed by atoms with E-state index in [0.29, 0.717) is 40.5 Å². The maximum atomic E-state index is 12.6. The lowest BCUT2D eigenvalue weighted by atomic mass is 10.2. The Labute approximate surface area is 236 Å². The second-order valence-corrected chi connectivity index (χ2v) is 17.6. The number of pyridine rings is 1. The molecule has 202 valence electrons. The molecule has 13 heteroatoms. The number of hydrogen-bond donors (Lipinski definition) is 2. The Morgan fingerprint density at radius 3 is 2.59 bits per heavy atom. The fourth-order valence-electron chi connectivity index (χ4n) is 3.41. The van der Waals surface area contributed by atoms with Crippen molar-refractivity contribution in [2.75, 3.05) is 25.1 Å². The summed E-state index contributed by atoms with van der Waals surface area (Å²) in [5, 5.41) is 13.0. The number of carbonyl (C=O) groups excluding carboxylic acids is 1. The van der Waals surface area contributed by atoms with Crippen molar-refractivity contribution in [1.82, 2.24) is 19.5 Å². The molecule has 0 unspecified atom stereocenters. The number of halogens is 2. The van der Waals surface area contributed by atoms with E-state index in [1.807, 2.05) is 4.57 Å². The van der Waals surface area contributed by atoms with Gasteiger partial charge in [0.05, 0.1) is 26.8 Å². The first kappa shape index (κ1) is 29.6. The van der Waals surface area contributed by atoms with Crippen LogP contribution >= 0.6 is 34.2 Å². The summed E-state index contributed by atoms with van der Waals surface area (Å²) in [4.78, 5) is 25.7. The molecule has 0 bridgehead atoms. The van der Waals surface area contributed by atoms with Crippen molar-refractivity contribution < 1.29 is 24.1 Å². The average molecular weight is 662 g/mol. The highest BCUT2D eigenvalue weighted by Crippen LogP contribution is 2.41. The number of fused-ring (bicyclic) bond motifs is 1. The molecule has 0 aliphatic heterocycles. The largest absolute Gasteiger partial charge is 0.490 e. The number of carbonyl (C=O) groups is 1. The Kier molecular flexibility index (Phi) is 9.77. The molecule has 0 fully saturated rings. The summed E-state index contributed by atoms with van der Waals surface area (Å²) < 4.78 is 20.0. The number of rotatable bonds is 10. The lowest BCUT2D eigenvalue weighted by Gasteiger charge is -2.19. The van der Waals surface area contributed by atoms with Crippen molar-refractivity contribution in [2.45, 2.75) is 58.8 Å². The van der Waals surface area contributed by atoms with Crippen molar-refractivity contribution >= 4 is 65.2 Å². The van der Waals surface area contributed by atoms with Gasteiger partial charge in [-0.2, -0.15) is 0 Å². The van der Waals surface area contributed by atoms with Gasteiger partial charge in [-0.15, -0.1) is 0 Å². The van der Waals surface area contributed by atoms with Crippen LogP contribution in [0.2, 0.25) is 30.8 Å². The second kappa shape index (κ2) is 12.2. The van der Waals surface area contributed by atoms with Gasteiger partial charge in [0, 0.05) is 26.9 Å². The van der Waals surface area contributed by atoms with Gasteiger partial charge in [0.2, 0.25) is 0 Å². The molecule has 1 amide bonds. The zero-order valence-corrected chi connectivity index (χ0v) is 25.8. The van der Waals surface area contributed by atoms with Crippen LogP contribution in [0.25, 0.3) is 22.3 Å². The number of hydrogen-bond acceptors (Lipinski definition) is 8. The first-order chi connectivity index (χ1) is 17.3. The summed E-state index contributed by atoms with van der Waals surface area (Å²) in [7, 11) is -1.29. The van der Waals surface area contributed by atoms with Gasteiger partial charge in [-0.25, -0.2) is 19.7 Å². The fourth-order valence-corrected chi connectivity index (χ4v) is 5.39. The Morgan fingerprint density at radius 2 is 1.95 bits per heavy atom. The Hall–Kier alpha value is -2.00. The van der Waals surface area contributed by atoms with Crippen LogP contribution in [-0.4, -0.2) is 64.2 Å². The van der Waals surface area contributed by atoms with Crippen LogP contribution in [0.15, 0.2) is 18.6 Å². The Balaban J connectivity index is 2.14. The summed E-state index contributed by atoms with van der Waals surface area (Å²) in [6, 6.07) is 2.61. The van der Waals surface area contributed by atoms with E-state index < -0.39 is 19.8 Å². The molecule has 10 nitrogen and oxygen atoms in total. The Bertz CT molecular complexity index is 1260. The van der Waals surface area contributed by atoms with Crippen molar-refractivity contribution in [1.29, 1.82) is 0 Å². The van der Waals surface area contributed by atoms with Gasteiger partial charge in [0.1, 0.15) is 47.6 Å². The van der Waals surface area contributed by atoms with E-state index in [4.69, 9.17) is 25.8 Å². The minimum absolute atomic E-state index is 0.0854.